The molecule has 8 atom stereocenters. The first-order valence-corrected chi connectivity index (χ1v) is 13.4. The summed E-state index contributed by atoms with van der Waals surface area (Å²) in [5.41, 5.74) is -0.707. The number of amides is 1. The Hall–Kier alpha value is -1.40. The van der Waals surface area contributed by atoms with Crippen molar-refractivity contribution < 1.29 is 39.2 Å². The third-order valence-electron chi connectivity index (χ3n) is 6.47. The maximum atomic E-state index is 12.6. The maximum absolute atomic E-state index is 12.6. The molecule has 11 heteroatoms. The van der Waals surface area contributed by atoms with E-state index in [1.165, 1.54) is 11.8 Å². The smallest absolute Gasteiger partial charge is 0.306 e. The molecule has 5 N–H and O–H groups in total. The van der Waals surface area contributed by atoms with Crippen molar-refractivity contribution in [1.82, 2.24) is 10.6 Å². The average Bonchev–Trinajstić information content (AvgIpc) is 2.81. The van der Waals surface area contributed by atoms with Crippen molar-refractivity contribution in [3.63, 3.8) is 0 Å². The summed E-state index contributed by atoms with van der Waals surface area (Å²) in [6.07, 6.45) is 1.15. The third kappa shape index (κ3) is 8.67. The van der Waals surface area contributed by atoms with Gasteiger partial charge in [0.25, 0.3) is 0 Å². The highest BCUT2D eigenvalue weighted by Crippen LogP contribution is 2.32. The van der Waals surface area contributed by atoms with Crippen LogP contribution in [0.2, 0.25) is 0 Å². The second-order valence-corrected chi connectivity index (χ2v) is 10.3. The zero-order chi connectivity index (χ0) is 25.3. The van der Waals surface area contributed by atoms with Crippen LogP contribution >= 0.6 is 11.8 Å². The zero-order valence-electron chi connectivity index (χ0n) is 20.3. The Morgan fingerprint density at radius 2 is 1.97 bits per heavy atom. The van der Waals surface area contributed by atoms with Crippen LogP contribution in [0.4, 0.5) is 0 Å². The zero-order valence-corrected chi connectivity index (χ0v) is 21.1. The highest BCUT2D eigenvalue weighted by atomic mass is 32.2. The van der Waals surface area contributed by atoms with Gasteiger partial charge in [0.1, 0.15) is 17.6 Å². The van der Waals surface area contributed by atoms with Gasteiger partial charge in [0.2, 0.25) is 5.91 Å². The number of carbonyl (C=O) groups is 3. The molecule has 0 bridgehead atoms. The lowest BCUT2D eigenvalue weighted by Crippen LogP contribution is -2.58. The maximum Gasteiger partial charge on any atom is 0.306 e. The number of aliphatic carboxylic acids is 1. The molecule has 10 nitrogen and oxygen atoms in total. The van der Waals surface area contributed by atoms with Gasteiger partial charge in [-0.15, -0.1) is 11.8 Å². The number of nitrogens with one attached hydrogen (secondary N) is 2. The molecule has 0 aromatic carbocycles. The molecule has 2 fully saturated rings. The number of thioether (sulfide) groups is 1. The van der Waals surface area contributed by atoms with Crippen molar-refractivity contribution in [2.24, 2.45) is 11.8 Å². The Labute approximate surface area is 205 Å². The summed E-state index contributed by atoms with van der Waals surface area (Å²) in [7, 11) is 0. The number of aliphatic hydroxyl groups excluding tert-OH is 2. The van der Waals surface area contributed by atoms with Gasteiger partial charge in [0.05, 0.1) is 25.0 Å². The van der Waals surface area contributed by atoms with E-state index in [9.17, 15) is 24.6 Å². The number of rotatable bonds is 12. The Kier molecular flexibility index (Phi) is 12.1. The van der Waals surface area contributed by atoms with E-state index in [4.69, 9.17) is 14.6 Å². The Bertz CT molecular complexity index is 677. The first-order chi connectivity index (χ1) is 16.2. The lowest BCUT2D eigenvalue weighted by atomic mass is 9.88. The van der Waals surface area contributed by atoms with E-state index in [0.29, 0.717) is 18.9 Å². The molecule has 196 valence electrons. The lowest BCUT2D eigenvalue weighted by molar-refractivity contribution is -0.216. The minimum Gasteiger partial charge on any atom is -0.481 e. The first-order valence-electron chi connectivity index (χ1n) is 12.1. The van der Waals surface area contributed by atoms with Crippen molar-refractivity contribution in [2.45, 2.75) is 94.7 Å². The van der Waals surface area contributed by atoms with E-state index in [-0.39, 0.29) is 30.7 Å². The Morgan fingerprint density at radius 3 is 2.62 bits per heavy atom. The molecule has 0 spiro atoms. The molecule has 2 saturated heterocycles. The molecule has 1 amide bonds. The van der Waals surface area contributed by atoms with Crippen LogP contribution in [0.15, 0.2) is 0 Å². The van der Waals surface area contributed by atoms with E-state index >= 15 is 0 Å². The summed E-state index contributed by atoms with van der Waals surface area (Å²) >= 11 is 1.23. The second kappa shape index (κ2) is 14.2. The molecular weight excluding hydrogens is 464 g/mol. The van der Waals surface area contributed by atoms with Crippen LogP contribution in [-0.4, -0.2) is 88.4 Å². The van der Waals surface area contributed by atoms with Gasteiger partial charge in [0, 0.05) is 6.54 Å². The number of carboxylic acid groups (broad SMARTS) is 1. The number of ether oxygens (including phenoxy) is 2. The fourth-order valence-corrected chi connectivity index (χ4v) is 5.32. The highest BCUT2D eigenvalue weighted by molar-refractivity contribution is 7.99. The van der Waals surface area contributed by atoms with Crippen LogP contribution in [0.1, 0.15) is 58.8 Å². The topological polar surface area (TPSA) is 154 Å². The molecule has 34 heavy (non-hydrogen) atoms. The summed E-state index contributed by atoms with van der Waals surface area (Å²) in [6.45, 7) is 5.35. The van der Waals surface area contributed by atoms with E-state index in [1.807, 2.05) is 6.92 Å². The lowest BCUT2D eigenvalue weighted by Gasteiger charge is -2.42. The first kappa shape index (κ1) is 28.8. The summed E-state index contributed by atoms with van der Waals surface area (Å²) in [6, 6.07) is -0.187. The van der Waals surface area contributed by atoms with E-state index in [0.717, 1.165) is 32.2 Å². The van der Waals surface area contributed by atoms with Crippen LogP contribution in [0.3, 0.4) is 0 Å². The van der Waals surface area contributed by atoms with E-state index < -0.39 is 41.8 Å². The molecule has 0 saturated carbocycles. The molecule has 0 aliphatic carbocycles. The van der Waals surface area contributed by atoms with Gasteiger partial charge < -0.3 is 35.4 Å². The largest absolute Gasteiger partial charge is 0.481 e. The molecule has 2 aliphatic rings. The molecular formula is C23H40N2O8S. The molecule has 2 rings (SSSR count). The van der Waals surface area contributed by atoms with Crippen LogP contribution in [0.25, 0.3) is 0 Å². The minimum absolute atomic E-state index is 0.0203. The summed E-state index contributed by atoms with van der Waals surface area (Å²) in [4.78, 5) is 35.2. The Morgan fingerprint density at radius 1 is 1.24 bits per heavy atom. The van der Waals surface area contributed by atoms with Gasteiger partial charge in [-0.25, -0.2) is 0 Å². The Balaban J connectivity index is 1.84. The number of hydrogen-bond acceptors (Lipinski definition) is 9. The van der Waals surface area contributed by atoms with Crippen molar-refractivity contribution in [3.8, 4) is 0 Å². The number of carbonyl (C=O) groups excluding carboxylic acids is 2. The fraction of sp³-hybridized carbons (Fsp3) is 0.870. The van der Waals surface area contributed by atoms with Crippen LogP contribution in [0, 0.1) is 11.8 Å². The van der Waals surface area contributed by atoms with Gasteiger partial charge >= 0.3 is 11.9 Å². The normalized spacial score (nSPS) is 32.6. The number of carboxylic acids is 1. The summed E-state index contributed by atoms with van der Waals surface area (Å²) in [5, 5.41) is 36.2. The monoisotopic (exact) mass is 504 g/mol. The fourth-order valence-electron chi connectivity index (χ4n) is 4.58. The number of piperidine rings is 1. The number of aliphatic hydroxyl groups is 2. The molecule has 0 aromatic heterocycles. The standard InChI is InChI=1S/C23H40N2O8S/c1-4-5-14-8-9-24-15(11-14)22(31)25-12-13(2)10-16-19(29)20(30)21(23(32-16)34-3)33-18(28)7-6-17(26)27/h13-16,19-21,23-24,29-30H,4-12H2,1-3H3,(H,25,31)(H,26,27). The van der Waals surface area contributed by atoms with Gasteiger partial charge in [-0.2, -0.15) is 0 Å². The van der Waals surface area contributed by atoms with E-state index in [2.05, 4.69) is 17.6 Å². The predicted octanol–water partition coefficient (Wildman–Crippen LogP) is 0.883. The van der Waals surface area contributed by atoms with E-state index in [1.54, 1.807) is 6.26 Å². The van der Waals surface area contributed by atoms with Crippen LogP contribution in [-0.2, 0) is 23.9 Å². The quantitative estimate of drug-likeness (QED) is 0.242. The molecule has 8 unspecified atom stereocenters. The van der Waals surface area contributed by atoms with Crippen LogP contribution < -0.4 is 10.6 Å². The SMILES string of the molecule is CCCC1CCNC(C(=O)NCC(C)CC2OC(SC)C(OC(=O)CCC(=O)O)C(O)C2O)C1. The van der Waals surface area contributed by atoms with Crippen molar-refractivity contribution in [2.75, 3.05) is 19.3 Å². The van der Waals surface area contributed by atoms with Gasteiger partial charge in [0.15, 0.2) is 6.10 Å². The highest BCUT2D eigenvalue weighted by Gasteiger charge is 2.46. The predicted molar refractivity (Wildman–Crippen MR) is 127 cm³/mol. The molecule has 0 radical (unpaired) electrons. The number of hydrogen-bond donors (Lipinski definition) is 5. The summed E-state index contributed by atoms with van der Waals surface area (Å²) < 4.78 is 11.2. The second-order valence-electron chi connectivity index (χ2n) is 9.38. The van der Waals surface area contributed by atoms with Crippen LogP contribution in [0.5, 0.6) is 0 Å². The van der Waals surface area contributed by atoms with Crippen molar-refractivity contribution >= 4 is 29.6 Å². The average molecular weight is 505 g/mol. The molecule has 0 aromatic rings. The van der Waals surface area contributed by atoms with Crippen molar-refractivity contribution in [1.29, 1.82) is 0 Å². The third-order valence-corrected chi connectivity index (χ3v) is 7.32. The van der Waals surface area contributed by atoms with Gasteiger partial charge in [-0.05, 0) is 43.9 Å². The van der Waals surface area contributed by atoms with Gasteiger partial charge in [-0.3, -0.25) is 14.4 Å². The summed E-state index contributed by atoms with van der Waals surface area (Å²) in [5.74, 6) is -1.37. The van der Waals surface area contributed by atoms with Crippen molar-refractivity contribution in [3.05, 3.63) is 0 Å². The van der Waals surface area contributed by atoms with Gasteiger partial charge in [-0.1, -0.05) is 26.7 Å². The molecule has 2 aliphatic heterocycles. The number of esters is 1. The molecule has 2 heterocycles. The minimum atomic E-state index is -1.37.